The fraction of sp³-hybridized carbons (Fsp3) is 0.111. The Hall–Kier alpha value is -2.22. The SMILES string of the molecule is COC(=O)Nc1ccc(OC#N)cc1. The predicted octanol–water partition coefficient (Wildman–Crippen LogP) is 1.72. The van der Waals surface area contributed by atoms with Gasteiger partial charge in [-0.1, -0.05) is 0 Å². The van der Waals surface area contributed by atoms with E-state index in [2.05, 4.69) is 14.8 Å². The van der Waals surface area contributed by atoms with Gasteiger partial charge < -0.3 is 9.47 Å². The molecule has 0 atom stereocenters. The van der Waals surface area contributed by atoms with Gasteiger partial charge in [-0.2, -0.15) is 0 Å². The Bertz CT molecular complexity index is 353. The minimum absolute atomic E-state index is 0.419. The van der Waals surface area contributed by atoms with E-state index in [-0.39, 0.29) is 0 Å². The standard InChI is InChI=1S/C9H8N2O3/c1-13-9(12)11-7-2-4-8(5-3-7)14-6-10/h2-5H,1H3,(H,11,12). The quantitative estimate of drug-likeness (QED) is 0.724. The summed E-state index contributed by atoms with van der Waals surface area (Å²) in [4.78, 5) is 10.8. The summed E-state index contributed by atoms with van der Waals surface area (Å²) in [5.74, 6) is 0.419. The van der Waals surface area contributed by atoms with Gasteiger partial charge in [0.1, 0.15) is 5.75 Å². The number of anilines is 1. The molecule has 0 saturated heterocycles. The van der Waals surface area contributed by atoms with Crippen molar-refractivity contribution in [1.82, 2.24) is 0 Å². The van der Waals surface area contributed by atoms with Gasteiger partial charge >= 0.3 is 6.09 Å². The summed E-state index contributed by atoms with van der Waals surface area (Å²) in [6, 6.07) is 6.33. The van der Waals surface area contributed by atoms with E-state index in [1.165, 1.54) is 7.11 Å². The number of ether oxygens (including phenoxy) is 2. The summed E-state index contributed by atoms with van der Waals surface area (Å²) >= 11 is 0. The zero-order valence-electron chi connectivity index (χ0n) is 7.48. The van der Waals surface area contributed by atoms with Gasteiger partial charge in [0.05, 0.1) is 7.11 Å². The van der Waals surface area contributed by atoms with Crippen LogP contribution in [0.3, 0.4) is 0 Å². The normalized spacial score (nSPS) is 8.57. The third-order valence-electron chi connectivity index (χ3n) is 1.45. The number of hydrogen-bond acceptors (Lipinski definition) is 4. The van der Waals surface area contributed by atoms with Crippen molar-refractivity contribution in [3.8, 4) is 12.0 Å². The van der Waals surface area contributed by atoms with Crippen LogP contribution in [0.4, 0.5) is 10.5 Å². The Morgan fingerprint density at radius 1 is 1.43 bits per heavy atom. The van der Waals surface area contributed by atoms with Crippen LogP contribution in [0, 0.1) is 11.5 Å². The Labute approximate surface area is 80.9 Å². The number of rotatable bonds is 2. The molecule has 0 radical (unpaired) electrons. The van der Waals surface area contributed by atoms with Gasteiger partial charge in [-0.3, -0.25) is 5.32 Å². The lowest BCUT2D eigenvalue weighted by Gasteiger charge is -2.03. The lowest BCUT2D eigenvalue weighted by molar-refractivity contribution is 0.187. The lowest BCUT2D eigenvalue weighted by Crippen LogP contribution is -2.10. The van der Waals surface area contributed by atoms with Crippen LogP contribution in [-0.2, 0) is 4.74 Å². The Balaban J connectivity index is 2.65. The summed E-state index contributed by atoms with van der Waals surface area (Å²) < 4.78 is 8.95. The van der Waals surface area contributed by atoms with Crippen molar-refractivity contribution in [2.75, 3.05) is 12.4 Å². The van der Waals surface area contributed by atoms with Crippen LogP contribution in [0.1, 0.15) is 0 Å². The molecule has 0 fully saturated rings. The van der Waals surface area contributed by atoms with Crippen LogP contribution in [0.2, 0.25) is 0 Å². The Morgan fingerprint density at radius 2 is 2.07 bits per heavy atom. The van der Waals surface area contributed by atoms with E-state index < -0.39 is 6.09 Å². The number of hydrogen-bond donors (Lipinski definition) is 1. The average molecular weight is 192 g/mol. The van der Waals surface area contributed by atoms with Crippen molar-refractivity contribution in [2.45, 2.75) is 0 Å². The van der Waals surface area contributed by atoms with Gasteiger partial charge in [-0.05, 0) is 24.3 Å². The molecule has 14 heavy (non-hydrogen) atoms. The van der Waals surface area contributed by atoms with Gasteiger partial charge in [0.15, 0.2) is 0 Å². The van der Waals surface area contributed by atoms with Gasteiger partial charge in [0.2, 0.25) is 0 Å². The van der Waals surface area contributed by atoms with Crippen molar-refractivity contribution in [2.24, 2.45) is 0 Å². The van der Waals surface area contributed by atoms with E-state index in [1.807, 2.05) is 0 Å². The highest BCUT2D eigenvalue weighted by atomic mass is 16.5. The van der Waals surface area contributed by atoms with Crippen LogP contribution < -0.4 is 10.1 Å². The average Bonchev–Trinajstić information content (AvgIpc) is 2.21. The van der Waals surface area contributed by atoms with Crippen molar-refractivity contribution < 1.29 is 14.3 Å². The minimum atomic E-state index is -0.543. The van der Waals surface area contributed by atoms with Gasteiger partial charge in [0.25, 0.3) is 6.26 Å². The van der Waals surface area contributed by atoms with Crippen molar-refractivity contribution in [1.29, 1.82) is 5.26 Å². The van der Waals surface area contributed by atoms with E-state index >= 15 is 0 Å². The van der Waals surface area contributed by atoms with Crippen LogP contribution in [0.5, 0.6) is 5.75 Å². The number of nitrogens with one attached hydrogen (secondary N) is 1. The van der Waals surface area contributed by atoms with E-state index in [4.69, 9.17) is 5.26 Å². The van der Waals surface area contributed by atoms with E-state index in [1.54, 1.807) is 30.5 Å². The summed E-state index contributed by atoms with van der Waals surface area (Å²) in [5, 5.41) is 10.7. The molecule has 0 bridgehead atoms. The number of carbonyl (C=O) groups is 1. The smallest absolute Gasteiger partial charge is 0.411 e. The molecule has 0 aromatic heterocycles. The Kier molecular flexibility index (Phi) is 3.33. The minimum Gasteiger partial charge on any atom is -0.453 e. The molecule has 0 heterocycles. The van der Waals surface area contributed by atoms with Crippen LogP contribution in [0.15, 0.2) is 24.3 Å². The number of nitriles is 1. The maximum Gasteiger partial charge on any atom is 0.411 e. The molecule has 1 aromatic carbocycles. The second-order valence-corrected chi connectivity index (χ2v) is 2.33. The molecule has 0 aliphatic rings. The van der Waals surface area contributed by atoms with Crippen molar-refractivity contribution in [3.63, 3.8) is 0 Å². The monoisotopic (exact) mass is 192 g/mol. The topological polar surface area (TPSA) is 71.3 Å². The molecular formula is C9H8N2O3. The molecule has 1 amide bonds. The third-order valence-corrected chi connectivity index (χ3v) is 1.45. The molecule has 0 saturated carbocycles. The first-order chi connectivity index (χ1) is 6.76. The van der Waals surface area contributed by atoms with Gasteiger partial charge in [-0.25, -0.2) is 4.79 Å². The fourth-order valence-electron chi connectivity index (χ4n) is 0.828. The molecule has 72 valence electrons. The molecule has 1 aromatic rings. The number of methoxy groups -OCH3 is 1. The largest absolute Gasteiger partial charge is 0.453 e. The van der Waals surface area contributed by atoms with E-state index in [0.717, 1.165) is 0 Å². The van der Waals surface area contributed by atoms with Gasteiger partial charge in [-0.15, -0.1) is 5.26 Å². The molecule has 1 N–H and O–H groups in total. The summed E-state index contributed by atoms with van der Waals surface area (Å²) in [5.41, 5.74) is 0.571. The molecule has 0 aliphatic heterocycles. The first-order valence-corrected chi connectivity index (χ1v) is 3.77. The first kappa shape index (κ1) is 9.86. The molecule has 0 unspecified atom stereocenters. The van der Waals surface area contributed by atoms with Crippen molar-refractivity contribution >= 4 is 11.8 Å². The second-order valence-electron chi connectivity index (χ2n) is 2.33. The number of carbonyl (C=O) groups excluding carboxylic acids is 1. The van der Waals surface area contributed by atoms with Crippen molar-refractivity contribution in [3.05, 3.63) is 24.3 Å². The first-order valence-electron chi connectivity index (χ1n) is 3.77. The number of nitrogens with zero attached hydrogens (tertiary/aromatic N) is 1. The molecule has 5 heteroatoms. The van der Waals surface area contributed by atoms with Crippen LogP contribution in [-0.4, -0.2) is 13.2 Å². The van der Waals surface area contributed by atoms with Crippen LogP contribution >= 0.6 is 0 Å². The maximum atomic E-state index is 10.8. The van der Waals surface area contributed by atoms with Gasteiger partial charge in [0, 0.05) is 5.69 Å². The molecule has 5 nitrogen and oxygen atoms in total. The third kappa shape index (κ3) is 2.68. The summed E-state index contributed by atoms with van der Waals surface area (Å²) in [6.45, 7) is 0. The number of benzene rings is 1. The summed E-state index contributed by atoms with van der Waals surface area (Å²) in [7, 11) is 1.28. The Morgan fingerprint density at radius 3 is 2.57 bits per heavy atom. The highest BCUT2D eigenvalue weighted by molar-refractivity contribution is 5.84. The molecule has 0 aliphatic carbocycles. The highest BCUT2D eigenvalue weighted by Crippen LogP contribution is 2.15. The van der Waals surface area contributed by atoms with E-state index in [9.17, 15) is 4.79 Å². The molecular weight excluding hydrogens is 184 g/mol. The highest BCUT2D eigenvalue weighted by Gasteiger charge is 2.00. The molecule has 1 rings (SSSR count). The maximum absolute atomic E-state index is 10.8. The van der Waals surface area contributed by atoms with Crippen LogP contribution in [0.25, 0.3) is 0 Å². The predicted molar refractivity (Wildman–Crippen MR) is 48.7 cm³/mol. The summed E-state index contributed by atoms with van der Waals surface area (Å²) in [6.07, 6.45) is 1.00. The fourth-order valence-corrected chi connectivity index (χ4v) is 0.828. The zero-order chi connectivity index (χ0) is 10.4. The lowest BCUT2D eigenvalue weighted by atomic mass is 10.3. The zero-order valence-corrected chi connectivity index (χ0v) is 7.48. The second kappa shape index (κ2) is 4.72. The number of amides is 1. The molecule has 0 spiro atoms. The van der Waals surface area contributed by atoms with E-state index in [0.29, 0.717) is 11.4 Å².